The lowest BCUT2D eigenvalue weighted by Gasteiger charge is -2.19. The molecule has 1 saturated heterocycles. The fourth-order valence-electron chi connectivity index (χ4n) is 1.94. The van der Waals surface area contributed by atoms with E-state index in [9.17, 15) is 4.79 Å². The van der Waals surface area contributed by atoms with Crippen molar-refractivity contribution >= 4 is 11.8 Å². The smallest absolute Gasteiger partial charge is 0.323 e. The molecule has 1 fully saturated rings. The Morgan fingerprint density at radius 3 is 2.56 bits per heavy atom. The molecule has 0 spiro atoms. The molecule has 2 amide bonds. The van der Waals surface area contributed by atoms with E-state index in [4.69, 9.17) is 0 Å². The molecule has 5 heteroatoms. The van der Waals surface area contributed by atoms with E-state index in [-0.39, 0.29) is 6.03 Å². The van der Waals surface area contributed by atoms with Crippen LogP contribution in [-0.2, 0) is 7.05 Å². The summed E-state index contributed by atoms with van der Waals surface area (Å²) >= 11 is 0. The monoisotopic (exact) mass is 222 g/mol. The lowest BCUT2D eigenvalue weighted by Crippen LogP contribution is -2.35. The molecule has 16 heavy (non-hydrogen) atoms. The standard InChI is InChI=1S/C11H18N4O/c1-14-9-6-10(13-14)12-11(16)15-7-4-2-3-5-8-15/h6,9H,2-5,7-8H2,1H3,(H,12,13,16). The van der Waals surface area contributed by atoms with Crippen LogP contribution in [0.15, 0.2) is 12.3 Å². The first-order valence-corrected chi connectivity index (χ1v) is 5.81. The molecular weight excluding hydrogens is 204 g/mol. The molecule has 0 bridgehead atoms. The topological polar surface area (TPSA) is 50.2 Å². The zero-order valence-electron chi connectivity index (χ0n) is 9.65. The summed E-state index contributed by atoms with van der Waals surface area (Å²) in [6.07, 6.45) is 6.49. The van der Waals surface area contributed by atoms with Crippen LogP contribution in [0, 0.1) is 0 Å². The number of hydrogen-bond donors (Lipinski definition) is 1. The molecule has 2 heterocycles. The molecule has 1 aromatic rings. The molecule has 1 N–H and O–H groups in total. The number of rotatable bonds is 1. The zero-order chi connectivity index (χ0) is 11.4. The van der Waals surface area contributed by atoms with Gasteiger partial charge >= 0.3 is 6.03 Å². The Balaban J connectivity index is 1.91. The van der Waals surface area contributed by atoms with Gasteiger partial charge in [-0.25, -0.2) is 4.79 Å². The highest BCUT2D eigenvalue weighted by Gasteiger charge is 2.15. The predicted molar refractivity (Wildman–Crippen MR) is 62.3 cm³/mol. The molecule has 0 aliphatic carbocycles. The lowest BCUT2D eigenvalue weighted by molar-refractivity contribution is 0.213. The van der Waals surface area contributed by atoms with Crippen LogP contribution in [0.4, 0.5) is 10.6 Å². The fourth-order valence-corrected chi connectivity index (χ4v) is 1.94. The maximum atomic E-state index is 11.9. The number of aromatic nitrogens is 2. The SMILES string of the molecule is Cn1ccc(NC(=O)N2CCCCCC2)n1. The molecular formula is C11H18N4O. The van der Waals surface area contributed by atoms with Crippen molar-refractivity contribution in [2.24, 2.45) is 7.05 Å². The van der Waals surface area contributed by atoms with Crippen LogP contribution >= 0.6 is 0 Å². The van der Waals surface area contributed by atoms with Crippen molar-refractivity contribution in [1.82, 2.24) is 14.7 Å². The Morgan fingerprint density at radius 1 is 1.31 bits per heavy atom. The summed E-state index contributed by atoms with van der Waals surface area (Å²) in [5.74, 6) is 0.622. The van der Waals surface area contributed by atoms with Crippen LogP contribution in [0.1, 0.15) is 25.7 Å². The van der Waals surface area contributed by atoms with E-state index in [1.54, 1.807) is 10.7 Å². The highest BCUT2D eigenvalue weighted by Crippen LogP contribution is 2.11. The van der Waals surface area contributed by atoms with Gasteiger partial charge in [-0.15, -0.1) is 0 Å². The van der Waals surface area contributed by atoms with Gasteiger partial charge in [-0.1, -0.05) is 12.8 Å². The minimum absolute atomic E-state index is 0.0272. The molecule has 5 nitrogen and oxygen atoms in total. The fraction of sp³-hybridized carbons (Fsp3) is 0.636. The molecule has 0 radical (unpaired) electrons. The number of urea groups is 1. The average Bonchev–Trinajstić information content (AvgIpc) is 2.56. The van der Waals surface area contributed by atoms with Gasteiger partial charge in [0.15, 0.2) is 5.82 Å². The van der Waals surface area contributed by atoms with Gasteiger partial charge in [-0.3, -0.25) is 10.00 Å². The first kappa shape index (κ1) is 11.0. The van der Waals surface area contributed by atoms with Gasteiger partial charge < -0.3 is 4.90 Å². The number of likely N-dealkylation sites (tertiary alicyclic amines) is 1. The number of hydrogen-bond acceptors (Lipinski definition) is 2. The van der Waals surface area contributed by atoms with Crippen LogP contribution in [0.2, 0.25) is 0 Å². The summed E-state index contributed by atoms with van der Waals surface area (Å²) in [6, 6.07) is 1.77. The van der Waals surface area contributed by atoms with Crippen molar-refractivity contribution in [2.75, 3.05) is 18.4 Å². The molecule has 0 aromatic carbocycles. The van der Waals surface area contributed by atoms with Crippen LogP contribution in [-0.4, -0.2) is 33.8 Å². The molecule has 88 valence electrons. The summed E-state index contributed by atoms with van der Waals surface area (Å²) < 4.78 is 1.68. The maximum Gasteiger partial charge on any atom is 0.323 e. The summed E-state index contributed by atoms with van der Waals surface area (Å²) in [6.45, 7) is 1.72. The number of carbonyl (C=O) groups is 1. The van der Waals surface area contributed by atoms with Gasteiger partial charge in [0.05, 0.1) is 0 Å². The van der Waals surface area contributed by atoms with E-state index >= 15 is 0 Å². The molecule has 0 unspecified atom stereocenters. The van der Waals surface area contributed by atoms with Gasteiger partial charge in [0.2, 0.25) is 0 Å². The normalized spacial score (nSPS) is 16.9. The van der Waals surface area contributed by atoms with Crippen LogP contribution in [0.3, 0.4) is 0 Å². The number of amides is 2. The second-order valence-electron chi connectivity index (χ2n) is 4.21. The van der Waals surface area contributed by atoms with E-state index in [0.717, 1.165) is 25.9 Å². The number of nitrogens with zero attached hydrogens (tertiary/aromatic N) is 3. The highest BCUT2D eigenvalue weighted by atomic mass is 16.2. The van der Waals surface area contributed by atoms with Crippen molar-refractivity contribution in [3.8, 4) is 0 Å². The quantitative estimate of drug-likeness (QED) is 0.788. The molecule has 1 aromatic heterocycles. The number of carbonyl (C=O) groups excluding carboxylic acids is 1. The lowest BCUT2D eigenvalue weighted by atomic mass is 10.2. The Morgan fingerprint density at radius 2 is 2.00 bits per heavy atom. The Hall–Kier alpha value is -1.52. The summed E-state index contributed by atoms with van der Waals surface area (Å²) in [5.41, 5.74) is 0. The molecule has 1 aliphatic rings. The first-order valence-electron chi connectivity index (χ1n) is 5.81. The summed E-state index contributed by atoms with van der Waals surface area (Å²) in [4.78, 5) is 13.8. The first-order chi connectivity index (χ1) is 7.75. The molecule has 0 atom stereocenters. The predicted octanol–water partition coefficient (Wildman–Crippen LogP) is 1.83. The average molecular weight is 222 g/mol. The van der Waals surface area contributed by atoms with Gasteiger partial charge in [0.1, 0.15) is 0 Å². The third kappa shape index (κ3) is 2.74. The third-order valence-electron chi connectivity index (χ3n) is 2.84. The van der Waals surface area contributed by atoms with Crippen LogP contribution in [0.5, 0.6) is 0 Å². The van der Waals surface area contributed by atoms with Crippen molar-refractivity contribution in [3.05, 3.63) is 12.3 Å². The van der Waals surface area contributed by atoms with Crippen LogP contribution < -0.4 is 5.32 Å². The Kier molecular flexibility index (Phi) is 3.44. The van der Waals surface area contributed by atoms with Crippen LogP contribution in [0.25, 0.3) is 0 Å². The molecule has 2 rings (SSSR count). The number of nitrogens with one attached hydrogen (secondary N) is 1. The van der Waals surface area contributed by atoms with E-state index in [2.05, 4.69) is 10.4 Å². The second kappa shape index (κ2) is 5.01. The maximum absolute atomic E-state index is 11.9. The van der Waals surface area contributed by atoms with Gasteiger partial charge in [-0.2, -0.15) is 5.10 Å². The van der Waals surface area contributed by atoms with Crippen molar-refractivity contribution in [3.63, 3.8) is 0 Å². The van der Waals surface area contributed by atoms with Gasteiger partial charge in [0, 0.05) is 32.4 Å². The Labute approximate surface area is 95.4 Å². The third-order valence-corrected chi connectivity index (χ3v) is 2.84. The van der Waals surface area contributed by atoms with E-state index in [0.29, 0.717) is 5.82 Å². The minimum atomic E-state index is -0.0272. The zero-order valence-corrected chi connectivity index (χ0v) is 9.65. The van der Waals surface area contributed by atoms with E-state index < -0.39 is 0 Å². The number of anilines is 1. The van der Waals surface area contributed by atoms with E-state index in [1.807, 2.05) is 18.1 Å². The van der Waals surface area contributed by atoms with Crippen molar-refractivity contribution in [2.45, 2.75) is 25.7 Å². The molecule has 1 aliphatic heterocycles. The van der Waals surface area contributed by atoms with Crippen molar-refractivity contribution in [1.29, 1.82) is 0 Å². The highest BCUT2D eigenvalue weighted by molar-refractivity contribution is 5.88. The van der Waals surface area contributed by atoms with Gasteiger partial charge in [-0.05, 0) is 12.8 Å². The van der Waals surface area contributed by atoms with Crippen molar-refractivity contribution < 1.29 is 4.79 Å². The largest absolute Gasteiger partial charge is 0.325 e. The van der Waals surface area contributed by atoms with Gasteiger partial charge in [0.25, 0.3) is 0 Å². The minimum Gasteiger partial charge on any atom is -0.325 e. The Bertz CT molecular complexity index is 353. The number of aryl methyl sites for hydroxylation is 1. The summed E-state index contributed by atoms with van der Waals surface area (Å²) in [5, 5.41) is 6.94. The van der Waals surface area contributed by atoms with E-state index in [1.165, 1.54) is 12.8 Å². The molecule has 0 saturated carbocycles. The second-order valence-corrected chi connectivity index (χ2v) is 4.21. The summed E-state index contributed by atoms with van der Waals surface area (Å²) in [7, 11) is 1.83.